The fourth-order valence-electron chi connectivity index (χ4n) is 1.18. The Morgan fingerprint density at radius 1 is 1.13 bits per heavy atom. The smallest absolute Gasteiger partial charge is 0.250 e. The predicted octanol–water partition coefficient (Wildman–Crippen LogP) is 3.25. The van der Waals surface area contributed by atoms with Gasteiger partial charge in [-0.1, -0.05) is 0 Å². The van der Waals surface area contributed by atoms with Crippen molar-refractivity contribution >= 4 is 33.5 Å². The molecule has 15 heavy (non-hydrogen) atoms. The van der Waals surface area contributed by atoms with Gasteiger partial charge in [0.05, 0.1) is 5.52 Å². The third kappa shape index (κ3) is 2.04. The minimum atomic E-state index is -4.40. The molecule has 0 unspecified atom stereocenters. The molecule has 2 aromatic heterocycles. The molecule has 0 radical (unpaired) electrons. The predicted molar refractivity (Wildman–Crippen MR) is 57.3 cm³/mol. The lowest BCUT2D eigenvalue weighted by atomic mass is 10.2. The van der Waals surface area contributed by atoms with E-state index in [1.165, 1.54) is 18.3 Å². The summed E-state index contributed by atoms with van der Waals surface area (Å²) in [7, 11) is 0. The minimum Gasteiger partial charge on any atom is -0.250 e. The zero-order chi connectivity index (χ0) is 11.1. The number of hydrogen-bond acceptors (Lipinski definition) is 2. The number of hydrogen-bond donors (Lipinski definition) is 0. The summed E-state index contributed by atoms with van der Waals surface area (Å²) < 4.78 is 37.7. The van der Waals surface area contributed by atoms with Crippen molar-refractivity contribution in [3.8, 4) is 0 Å². The van der Waals surface area contributed by atoms with Crippen molar-refractivity contribution in [2.24, 2.45) is 0 Å². The molecular weight excluding hydrogens is 320 g/mol. The topological polar surface area (TPSA) is 25.8 Å². The van der Waals surface area contributed by atoms with Crippen molar-refractivity contribution < 1.29 is 13.2 Å². The molecule has 2 heterocycles. The van der Waals surface area contributed by atoms with Crippen LogP contribution in [0, 0.1) is 3.70 Å². The average Bonchev–Trinajstić information content (AvgIpc) is 2.16. The van der Waals surface area contributed by atoms with Crippen LogP contribution in [0.25, 0.3) is 10.9 Å². The summed E-state index contributed by atoms with van der Waals surface area (Å²) in [6.07, 6.45) is -2.96. The first-order chi connectivity index (χ1) is 6.98. The van der Waals surface area contributed by atoms with E-state index < -0.39 is 11.9 Å². The highest BCUT2D eigenvalue weighted by Crippen LogP contribution is 2.29. The second-order valence-corrected chi connectivity index (χ2v) is 3.88. The van der Waals surface area contributed by atoms with Gasteiger partial charge in [-0.2, -0.15) is 13.2 Å². The Kier molecular flexibility index (Phi) is 2.53. The summed E-state index contributed by atoms with van der Waals surface area (Å²) in [4.78, 5) is 7.50. The second kappa shape index (κ2) is 3.58. The number of halogens is 4. The SMILES string of the molecule is FC(F)(F)c1ccc2c(I)nccc2n1. The molecule has 2 nitrogen and oxygen atoms in total. The molecule has 6 heteroatoms. The molecule has 0 N–H and O–H groups in total. The highest BCUT2D eigenvalue weighted by Gasteiger charge is 2.32. The summed E-state index contributed by atoms with van der Waals surface area (Å²) in [5.41, 5.74) is -0.568. The molecule has 0 amide bonds. The Hall–Kier alpha value is -0.920. The first-order valence-corrected chi connectivity index (χ1v) is 5.05. The van der Waals surface area contributed by atoms with E-state index >= 15 is 0 Å². The van der Waals surface area contributed by atoms with Gasteiger partial charge >= 0.3 is 6.18 Å². The molecule has 2 aromatic rings. The van der Waals surface area contributed by atoms with Gasteiger partial charge < -0.3 is 0 Å². The number of rotatable bonds is 0. The highest BCUT2D eigenvalue weighted by atomic mass is 127. The summed E-state index contributed by atoms with van der Waals surface area (Å²) >= 11 is 1.96. The van der Waals surface area contributed by atoms with Gasteiger partial charge in [0.15, 0.2) is 0 Å². The maximum Gasteiger partial charge on any atom is 0.433 e. The summed E-state index contributed by atoms with van der Waals surface area (Å²) in [6, 6.07) is 3.82. The van der Waals surface area contributed by atoms with Gasteiger partial charge in [0.1, 0.15) is 9.39 Å². The molecular formula is C9H4F3IN2. The van der Waals surface area contributed by atoms with E-state index in [9.17, 15) is 13.2 Å². The highest BCUT2D eigenvalue weighted by molar-refractivity contribution is 14.1. The maximum atomic E-state index is 12.3. The molecule has 0 spiro atoms. The maximum absolute atomic E-state index is 12.3. The second-order valence-electron chi connectivity index (χ2n) is 2.86. The van der Waals surface area contributed by atoms with Crippen molar-refractivity contribution in [2.45, 2.75) is 6.18 Å². The number of pyridine rings is 2. The third-order valence-corrected chi connectivity index (χ3v) is 2.72. The van der Waals surface area contributed by atoms with Crippen LogP contribution in [0.2, 0.25) is 0 Å². The zero-order valence-corrected chi connectivity index (χ0v) is 9.37. The fraction of sp³-hybridized carbons (Fsp3) is 0.111. The number of nitrogens with zero attached hydrogens (tertiary/aromatic N) is 2. The Morgan fingerprint density at radius 2 is 1.87 bits per heavy atom. The third-order valence-electron chi connectivity index (χ3n) is 1.86. The van der Waals surface area contributed by atoms with Gasteiger partial charge in [0.2, 0.25) is 0 Å². The van der Waals surface area contributed by atoms with Gasteiger partial charge in [-0.25, -0.2) is 9.97 Å². The first kappa shape index (κ1) is 10.6. The quantitative estimate of drug-likeness (QED) is 0.549. The van der Waals surface area contributed by atoms with E-state index in [0.29, 0.717) is 14.6 Å². The number of fused-ring (bicyclic) bond motifs is 1. The van der Waals surface area contributed by atoms with Crippen LogP contribution in [-0.4, -0.2) is 9.97 Å². The molecule has 78 valence electrons. The van der Waals surface area contributed by atoms with Crippen LogP contribution in [0.3, 0.4) is 0 Å². The average molecular weight is 324 g/mol. The zero-order valence-electron chi connectivity index (χ0n) is 7.22. The van der Waals surface area contributed by atoms with E-state index in [4.69, 9.17) is 0 Å². The summed E-state index contributed by atoms with van der Waals surface area (Å²) in [6.45, 7) is 0. The van der Waals surface area contributed by atoms with E-state index in [-0.39, 0.29) is 0 Å². The Bertz CT molecular complexity index is 510. The monoisotopic (exact) mass is 324 g/mol. The fourth-order valence-corrected chi connectivity index (χ4v) is 1.79. The van der Waals surface area contributed by atoms with Crippen molar-refractivity contribution in [3.05, 3.63) is 33.8 Å². The van der Waals surface area contributed by atoms with Gasteiger partial charge in [-0.05, 0) is 40.8 Å². The van der Waals surface area contributed by atoms with Gasteiger partial charge in [-0.15, -0.1) is 0 Å². The van der Waals surface area contributed by atoms with Crippen LogP contribution in [0.1, 0.15) is 5.69 Å². The van der Waals surface area contributed by atoms with E-state index in [0.717, 1.165) is 6.07 Å². The Labute approximate surface area is 96.7 Å². The van der Waals surface area contributed by atoms with Crippen LogP contribution in [-0.2, 0) is 6.18 Å². The van der Waals surface area contributed by atoms with Crippen molar-refractivity contribution in [3.63, 3.8) is 0 Å². The lowest BCUT2D eigenvalue weighted by Crippen LogP contribution is -2.07. The van der Waals surface area contributed by atoms with Gasteiger partial charge in [-0.3, -0.25) is 0 Å². The van der Waals surface area contributed by atoms with Gasteiger partial charge in [0, 0.05) is 11.6 Å². The van der Waals surface area contributed by atoms with Gasteiger partial charge in [0.25, 0.3) is 0 Å². The molecule has 0 aliphatic heterocycles. The van der Waals surface area contributed by atoms with Crippen molar-refractivity contribution in [1.82, 2.24) is 9.97 Å². The lowest BCUT2D eigenvalue weighted by Gasteiger charge is -2.06. The van der Waals surface area contributed by atoms with Crippen LogP contribution >= 0.6 is 22.6 Å². The molecule has 0 bridgehead atoms. The van der Waals surface area contributed by atoms with Crippen molar-refractivity contribution in [2.75, 3.05) is 0 Å². The van der Waals surface area contributed by atoms with E-state index in [1.807, 2.05) is 22.6 Å². The standard InChI is InChI=1S/C9H4F3IN2/c10-9(11,12)7-2-1-5-6(15-7)3-4-14-8(5)13/h1-4H. The van der Waals surface area contributed by atoms with Crippen LogP contribution < -0.4 is 0 Å². The molecule has 0 aromatic carbocycles. The molecule has 0 fully saturated rings. The van der Waals surface area contributed by atoms with Crippen molar-refractivity contribution in [1.29, 1.82) is 0 Å². The van der Waals surface area contributed by atoms with Crippen LogP contribution in [0.5, 0.6) is 0 Å². The molecule has 2 rings (SSSR count). The van der Waals surface area contributed by atoms with Crippen LogP contribution in [0.4, 0.5) is 13.2 Å². The molecule has 0 saturated carbocycles. The number of alkyl halides is 3. The van der Waals surface area contributed by atoms with E-state index in [2.05, 4.69) is 9.97 Å². The van der Waals surface area contributed by atoms with Crippen LogP contribution in [0.15, 0.2) is 24.4 Å². The Morgan fingerprint density at radius 3 is 2.53 bits per heavy atom. The summed E-state index contributed by atoms with van der Waals surface area (Å²) in [5, 5.41) is 0.631. The minimum absolute atomic E-state index is 0.309. The molecule has 0 aliphatic carbocycles. The molecule has 0 atom stereocenters. The molecule has 0 saturated heterocycles. The number of aromatic nitrogens is 2. The normalized spacial score (nSPS) is 12.0. The Balaban J connectivity index is 2.68. The molecule has 0 aliphatic rings. The lowest BCUT2D eigenvalue weighted by molar-refractivity contribution is -0.140. The first-order valence-electron chi connectivity index (χ1n) is 3.97. The summed E-state index contributed by atoms with van der Waals surface area (Å²) in [5.74, 6) is 0. The van der Waals surface area contributed by atoms with E-state index in [1.54, 1.807) is 0 Å². The largest absolute Gasteiger partial charge is 0.433 e.